The summed E-state index contributed by atoms with van der Waals surface area (Å²) in [5, 5.41) is 7.19. The fourth-order valence-electron chi connectivity index (χ4n) is 1.35. The number of anilines is 2. The van der Waals surface area contributed by atoms with Crippen molar-refractivity contribution in [2.24, 2.45) is 0 Å². The third-order valence-electron chi connectivity index (χ3n) is 2.80. The maximum absolute atomic E-state index is 11.8. The van der Waals surface area contributed by atoms with E-state index in [0.717, 1.165) is 12.5 Å². The maximum atomic E-state index is 11.8. The zero-order chi connectivity index (χ0) is 14.1. The van der Waals surface area contributed by atoms with Gasteiger partial charge in [-0.1, -0.05) is 6.07 Å². The molecule has 0 aliphatic carbocycles. The minimum atomic E-state index is -3.97. The number of carboxylic acids is 1. The number of nitrogens with one attached hydrogen (secondary N) is 1. The van der Waals surface area contributed by atoms with Crippen molar-refractivity contribution in [3.63, 3.8) is 0 Å². The van der Waals surface area contributed by atoms with Gasteiger partial charge in [-0.25, -0.2) is 8.42 Å². The number of hydrogen-bond acceptors (Lipinski definition) is 4. The van der Waals surface area contributed by atoms with Crippen LogP contribution >= 0.6 is 0 Å². The molecule has 1 atom stereocenters. The predicted molar refractivity (Wildman–Crippen MR) is 70.0 cm³/mol. The fraction of sp³-hybridized carbons (Fsp3) is 0.364. The SMILES string of the molecule is Cc1ccc(NS(=O)(=O)C(C)C(=O)O)c(C)c1N. The van der Waals surface area contributed by atoms with Gasteiger partial charge in [0.1, 0.15) is 0 Å². The first kappa shape index (κ1) is 14.3. The Hall–Kier alpha value is -1.76. The van der Waals surface area contributed by atoms with E-state index < -0.39 is 21.2 Å². The predicted octanol–water partition coefficient (Wildman–Crippen LogP) is 1.10. The van der Waals surface area contributed by atoms with E-state index in [1.807, 2.05) is 0 Å². The van der Waals surface area contributed by atoms with Gasteiger partial charge in [0.05, 0.1) is 5.69 Å². The van der Waals surface area contributed by atoms with Crippen molar-refractivity contribution >= 4 is 27.4 Å². The Balaban J connectivity index is 3.13. The summed E-state index contributed by atoms with van der Waals surface area (Å²) in [6.45, 7) is 4.59. The van der Waals surface area contributed by atoms with Crippen molar-refractivity contribution in [3.8, 4) is 0 Å². The van der Waals surface area contributed by atoms with Gasteiger partial charge in [-0.05, 0) is 38.0 Å². The van der Waals surface area contributed by atoms with Crippen LogP contribution in [-0.2, 0) is 14.8 Å². The second-order valence-corrected chi connectivity index (χ2v) is 6.10. The lowest BCUT2D eigenvalue weighted by Crippen LogP contribution is -2.32. The molecule has 1 aromatic rings. The number of benzene rings is 1. The molecule has 0 aliphatic rings. The zero-order valence-electron chi connectivity index (χ0n) is 10.4. The molecular weight excluding hydrogens is 256 g/mol. The monoisotopic (exact) mass is 272 g/mol. The Morgan fingerprint density at radius 2 is 1.94 bits per heavy atom. The van der Waals surface area contributed by atoms with Crippen molar-refractivity contribution in [3.05, 3.63) is 23.3 Å². The molecule has 0 bridgehead atoms. The molecule has 6 nitrogen and oxygen atoms in total. The van der Waals surface area contributed by atoms with Crippen molar-refractivity contribution in [1.82, 2.24) is 0 Å². The molecule has 0 radical (unpaired) electrons. The first-order chi connectivity index (χ1) is 8.16. The topological polar surface area (TPSA) is 109 Å². The van der Waals surface area contributed by atoms with Gasteiger partial charge < -0.3 is 10.8 Å². The summed E-state index contributed by atoms with van der Waals surface area (Å²) < 4.78 is 25.8. The van der Waals surface area contributed by atoms with Crippen molar-refractivity contribution < 1.29 is 18.3 Å². The number of aryl methyl sites for hydroxylation is 1. The standard InChI is InChI=1S/C11H16N2O4S/c1-6-4-5-9(7(2)10(6)12)13-18(16,17)8(3)11(14)15/h4-5,8,13H,12H2,1-3H3,(H,14,15). The third-order valence-corrected chi connectivity index (χ3v) is 4.44. The van der Waals surface area contributed by atoms with Gasteiger partial charge in [0, 0.05) is 5.69 Å². The van der Waals surface area contributed by atoms with Crippen LogP contribution < -0.4 is 10.5 Å². The molecule has 0 aliphatic heterocycles. The Labute approximate surface area is 106 Å². The molecule has 0 aromatic heterocycles. The Morgan fingerprint density at radius 1 is 1.39 bits per heavy atom. The smallest absolute Gasteiger partial charge is 0.323 e. The lowest BCUT2D eigenvalue weighted by atomic mass is 10.1. The minimum absolute atomic E-state index is 0.297. The largest absolute Gasteiger partial charge is 0.480 e. The molecule has 1 aromatic carbocycles. The molecule has 100 valence electrons. The molecule has 1 unspecified atom stereocenters. The normalized spacial score (nSPS) is 13.1. The molecule has 18 heavy (non-hydrogen) atoms. The highest BCUT2D eigenvalue weighted by Gasteiger charge is 2.28. The summed E-state index contributed by atoms with van der Waals surface area (Å²) in [7, 11) is -3.97. The summed E-state index contributed by atoms with van der Waals surface area (Å²) in [6.07, 6.45) is 0. The van der Waals surface area contributed by atoms with Crippen LogP contribution in [0.2, 0.25) is 0 Å². The maximum Gasteiger partial charge on any atom is 0.323 e. The van der Waals surface area contributed by atoms with Gasteiger partial charge >= 0.3 is 5.97 Å². The molecule has 0 heterocycles. The lowest BCUT2D eigenvalue weighted by molar-refractivity contribution is -0.136. The third kappa shape index (κ3) is 2.73. The van der Waals surface area contributed by atoms with Crippen LogP contribution in [0.3, 0.4) is 0 Å². The first-order valence-electron chi connectivity index (χ1n) is 5.27. The van der Waals surface area contributed by atoms with Crippen LogP contribution in [0.5, 0.6) is 0 Å². The van der Waals surface area contributed by atoms with E-state index in [2.05, 4.69) is 4.72 Å². The average molecular weight is 272 g/mol. The minimum Gasteiger partial charge on any atom is -0.480 e. The molecule has 7 heteroatoms. The van der Waals surface area contributed by atoms with Gasteiger partial charge in [-0.3, -0.25) is 9.52 Å². The number of aliphatic carboxylic acids is 1. The highest BCUT2D eigenvalue weighted by atomic mass is 32.2. The van der Waals surface area contributed by atoms with Crippen LogP contribution in [-0.4, -0.2) is 24.7 Å². The summed E-state index contributed by atoms with van der Waals surface area (Å²) >= 11 is 0. The van der Waals surface area contributed by atoms with Gasteiger partial charge in [-0.15, -0.1) is 0 Å². The van der Waals surface area contributed by atoms with Gasteiger partial charge in [0.25, 0.3) is 0 Å². The summed E-state index contributed by atoms with van der Waals surface area (Å²) in [5.41, 5.74) is 7.98. The number of nitrogens with two attached hydrogens (primary N) is 1. The summed E-state index contributed by atoms with van der Waals surface area (Å²) in [4.78, 5) is 10.7. The second-order valence-electron chi connectivity index (χ2n) is 4.10. The molecule has 0 saturated carbocycles. The van der Waals surface area contributed by atoms with E-state index in [9.17, 15) is 13.2 Å². The number of rotatable bonds is 4. The molecular formula is C11H16N2O4S. The fourth-order valence-corrected chi connectivity index (χ4v) is 2.32. The molecule has 4 N–H and O–H groups in total. The van der Waals surface area contributed by atoms with E-state index in [0.29, 0.717) is 16.9 Å². The molecule has 0 spiro atoms. The van der Waals surface area contributed by atoms with Gasteiger partial charge in [0.15, 0.2) is 5.25 Å². The second kappa shape index (κ2) is 4.85. The highest BCUT2D eigenvalue weighted by Crippen LogP contribution is 2.25. The van der Waals surface area contributed by atoms with Gasteiger partial charge in [-0.2, -0.15) is 0 Å². The molecule has 1 rings (SSSR count). The Kier molecular flexibility index (Phi) is 3.85. The number of carbonyl (C=O) groups is 1. The Bertz CT molecular complexity index is 581. The number of carboxylic acid groups (broad SMARTS) is 1. The molecule has 0 fully saturated rings. The van der Waals surface area contributed by atoms with E-state index in [1.54, 1.807) is 26.0 Å². The number of hydrogen-bond donors (Lipinski definition) is 3. The quantitative estimate of drug-likeness (QED) is 0.711. The van der Waals surface area contributed by atoms with E-state index in [1.165, 1.54) is 0 Å². The number of sulfonamides is 1. The highest BCUT2D eigenvalue weighted by molar-refractivity contribution is 7.94. The van der Waals surface area contributed by atoms with Crippen LogP contribution in [0.1, 0.15) is 18.1 Å². The van der Waals surface area contributed by atoms with Gasteiger partial charge in [0.2, 0.25) is 10.0 Å². The van der Waals surface area contributed by atoms with Crippen LogP contribution in [0.4, 0.5) is 11.4 Å². The lowest BCUT2D eigenvalue weighted by Gasteiger charge is -2.15. The van der Waals surface area contributed by atoms with E-state index in [-0.39, 0.29) is 0 Å². The van der Waals surface area contributed by atoms with E-state index in [4.69, 9.17) is 10.8 Å². The van der Waals surface area contributed by atoms with Crippen LogP contribution in [0.15, 0.2) is 12.1 Å². The van der Waals surface area contributed by atoms with Crippen LogP contribution in [0, 0.1) is 13.8 Å². The average Bonchev–Trinajstić information content (AvgIpc) is 2.28. The Morgan fingerprint density at radius 3 is 2.44 bits per heavy atom. The molecule has 0 saturated heterocycles. The summed E-state index contributed by atoms with van der Waals surface area (Å²) in [5.74, 6) is -1.40. The zero-order valence-corrected chi connectivity index (χ0v) is 11.2. The first-order valence-corrected chi connectivity index (χ1v) is 6.81. The molecule has 0 amide bonds. The van der Waals surface area contributed by atoms with E-state index >= 15 is 0 Å². The van der Waals surface area contributed by atoms with Crippen molar-refractivity contribution in [2.45, 2.75) is 26.0 Å². The summed E-state index contributed by atoms with van der Waals surface area (Å²) in [6, 6.07) is 3.23. The van der Waals surface area contributed by atoms with Crippen molar-refractivity contribution in [2.75, 3.05) is 10.5 Å². The number of nitrogen functional groups attached to an aromatic ring is 1. The van der Waals surface area contributed by atoms with Crippen LogP contribution in [0.25, 0.3) is 0 Å². The van der Waals surface area contributed by atoms with Crippen molar-refractivity contribution in [1.29, 1.82) is 0 Å².